The molecular formula is C22H21N5O2. The van der Waals surface area contributed by atoms with E-state index in [0.29, 0.717) is 17.4 Å². The van der Waals surface area contributed by atoms with E-state index >= 15 is 0 Å². The van der Waals surface area contributed by atoms with Gasteiger partial charge in [-0.2, -0.15) is 4.98 Å². The van der Waals surface area contributed by atoms with Gasteiger partial charge < -0.3 is 13.8 Å². The summed E-state index contributed by atoms with van der Waals surface area (Å²) >= 11 is 0. The molecule has 3 aromatic heterocycles. The van der Waals surface area contributed by atoms with Crippen molar-refractivity contribution in [1.82, 2.24) is 24.7 Å². The number of fused-ring (bicyclic) bond motifs is 1. The predicted molar refractivity (Wildman–Crippen MR) is 108 cm³/mol. The maximum atomic E-state index is 5.68. The zero-order chi connectivity index (χ0) is 19.8. The van der Waals surface area contributed by atoms with Gasteiger partial charge in [0.1, 0.15) is 23.3 Å². The molecule has 7 heteroatoms. The minimum atomic E-state index is -0.185. The van der Waals surface area contributed by atoms with Crippen LogP contribution in [0.5, 0.6) is 5.75 Å². The molecule has 5 rings (SSSR count). The molecule has 1 aliphatic carbocycles. The largest absolute Gasteiger partial charge is 0.496 e. The monoisotopic (exact) mass is 387 g/mol. The van der Waals surface area contributed by atoms with Crippen LogP contribution in [-0.2, 0) is 12.8 Å². The van der Waals surface area contributed by atoms with Gasteiger partial charge in [0, 0.05) is 18.6 Å². The third-order valence-corrected chi connectivity index (χ3v) is 5.43. The van der Waals surface area contributed by atoms with E-state index in [1.54, 1.807) is 19.5 Å². The van der Waals surface area contributed by atoms with Gasteiger partial charge in [0.05, 0.1) is 12.7 Å². The normalized spacial score (nSPS) is 14.0. The second-order valence-corrected chi connectivity index (χ2v) is 7.18. The van der Waals surface area contributed by atoms with Crippen LogP contribution in [0.3, 0.4) is 0 Å². The summed E-state index contributed by atoms with van der Waals surface area (Å²) in [5, 5.41) is 4.09. The fourth-order valence-corrected chi connectivity index (χ4v) is 3.90. The molecule has 0 N–H and O–H groups in total. The van der Waals surface area contributed by atoms with Gasteiger partial charge in [-0.1, -0.05) is 11.2 Å². The van der Waals surface area contributed by atoms with Crippen LogP contribution >= 0.6 is 0 Å². The molecule has 29 heavy (non-hydrogen) atoms. The molecule has 0 unspecified atom stereocenters. The van der Waals surface area contributed by atoms with Crippen LogP contribution in [0.25, 0.3) is 22.9 Å². The molecule has 1 atom stereocenters. The molecule has 3 heterocycles. The van der Waals surface area contributed by atoms with Crippen molar-refractivity contribution in [2.24, 2.45) is 0 Å². The molecule has 1 aromatic carbocycles. The second kappa shape index (κ2) is 7.16. The summed E-state index contributed by atoms with van der Waals surface area (Å²) in [6, 6.07) is 9.78. The molecule has 0 saturated carbocycles. The number of aromatic nitrogens is 5. The number of rotatable bonds is 5. The van der Waals surface area contributed by atoms with E-state index in [1.165, 1.54) is 17.5 Å². The SMILES string of the molecule is COc1cc2c(cc1-c1nccn1[C@H](C)c1nc(-c3ccccn3)no1)CCC2. The number of benzene rings is 1. The molecule has 146 valence electrons. The Morgan fingerprint density at radius 2 is 1.97 bits per heavy atom. The third-order valence-electron chi connectivity index (χ3n) is 5.43. The highest BCUT2D eigenvalue weighted by Crippen LogP contribution is 2.37. The lowest BCUT2D eigenvalue weighted by Crippen LogP contribution is -2.09. The highest BCUT2D eigenvalue weighted by atomic mass is 16.5. The van der Waals surface area contributed by atoms with Crippen LogP contribution in [0.1, 0.15) is 36.4 Å². The number of pyridine rings is 1. The van der Waals surface area contributed by atoms with Gasteiger partial charge in [-0.3, -0.25) is 4.98 Å². The Bertz CT molecular complexity index is 1150. The number of methoxy groups -OCH3 is 1. The van der Waals surface area contributed by atoms with E-state index in [9.17, 15) is 0 Å². The van der Waals surface area contributed by atoms with Crippen LogP contribution < -0.4 is 4.74 Å². The van der Waals surface area contributed by atoms with Crippen molar-refractivity contribution in [2.45, 2.75) is 32.2 Å². The Morgan fingerprint density at radius 1 is 1.10 bits per heavy atom. The van der Waals surface area contributed by atoms with Crippen molar-refractivity contribution in [3.63, 3.8) is 0 Å². The topological polar surface area (TPSA) is 78.9 Å². The Balaban J connectivity index is 1.52. The van der Waals surface area contributed by atoms with E-state index in [1.807, 2.05) is 35.9 Å². The number of nitrogens with zero attached hydrogens (tertiary/aromatic N) is 5. The second-order valence-electron chi connectivity index (χ2n) is 7.18. The van der Waals surface area contributed by atoms with Crippen LogP contribution in [-0.4, -0.2) is 31.8 Å². The molecule has 0 fully saturated rings. The zero-order valence-electron chi connectivity index (χ0n) is 16.4. The van der Waals surface area contributed by atoms with Gasteiger partial charge in [-0.05, 0) is 61.6 Å². The van der Waals surface area contributed by atoms with Crippen LogP contribution in [0, 0.1) is 0 Å². The number of imidazole rings is 1. The highest BCUT2D eigenvalue weighted by Gasteiger charge is 2.23. The van der Waals surface area contributed by atoms with Gasteiger partial charge >= 0.3 is 0 Å². The summed E-state index contributed by atoms with van der Waals surface area (Å²) < 4.78 is 13.3. The van der Waals surface area contributed by atoms with Crippen molar-refractivity contribution < 1.29 is 9.26 Å². The lowest BCUT2D eigenvalue weighted by atomic mass is 10.0. The van der Waals surface area contributed by atoms with Crippen molar-refractivity contribution in [2.75, 3.05) is 7.11 Å². The number of hydrogen-bond acceptors (Lipinski definition) is 6. The molecule has 4 aromatic rings. The zero-order valence-corrected chi connectivity index (χ0v) is 16.4. The smallest absolute Gasteiger partial charge is 0.249 e. The number of hydrogen-bond donors (Lipinski definition) is 0. The standard InChI is InChI=1S/C22H21N5O2/c1-14(22-25-20(26-29-22)18-8-3-4-9-23-18)27-11-10-24-21(27)17-12-15-6-5-7-16(15)13-19(17)28-2/h3-4,8-14H,5-7H2,1-2H3/t14-/m1/s1. The minimum Gasteiger partial charge on any atom is -0.496 e. The quantitative estimate of drug-likeness (QED) is 0.513. The highest BCUT2D eigenvalue weighted by molar-refractivity contribution is 5.68. The summed E-state index contributed by atoms with van der Waals surface area (Å²) in [6.07, 6.45) is 8.81. The molecule has 0 saturated heterocycles. The van der Waals surface area contributed by atoms with Crippen LogP contribution in [0.4, 0.5) is 0 Å². The molecule has 7 nitrogen and oxygen atoms in total. The summed E-state index contributed by atoms with van der Waals surface area (Å²) in [5.74, 6) is 2.64. The van der Waals surface area contributed by atoms with E-state index in [4.69, 9.17) is 9.26 Å². The fourth-order valence-electron chi connectivity index (χ4n) is 3.90. The Labute approximate surface area is 168 Å². The summed E-state index contributed by atoms with van der Waals surface area (Å²) in [7, 11) is 1.70. The first kappa shape index (κ1) is 17.6. The molecule has 0 bridgehead atoms. The van der Waals surface area contributed by atoms with Gasteiger partial charge in [0.25, 0.3) is 0 Å². The average molecular weight is 387 g/mol. The molecule has 0 spiro atoms. The van der Waals surface area contributed by atoms with Crippen molar-refractivity contribution in [3.05, 3.63) is 65.9 Å². The molecule has 0 radical (unpaired) electrons. The van der Waals surface area contributed by atoms with Crippen LogP contribution in [0.15, 0.2) is 53.4 Å². The van der Waals surface area contributed by atoms with Crippen LogP contribution in [0.2, 0.25) is 0 Å². The first-order valence-electron chi connectivity index (χ1n) is 9.72. The van der Waals surface area contributed by atoms with Gasteiger partial charge in [0.15, 0.2) is 0 Å². The van der Waals surface area contributed by atoms with Gasteiger partial charge in [-0.15, -0.1) is 0 Å². The lowest BCUT2D eigenvalue weighted by molar-refractivity contribution is 0.346. The van der Waals surface area contributed by atoms with Crippen molar-refractivity contribution >= 4 is 0 Å². The molecule has 0 amide bonds. The first-order valence-corrected chi connectivity index (χ1v) is 9.72. The van der Waals surface area contributed by atoms with E-state index in [2.05, 4.69) is 32.2 Å². The predicted octanol–water partition coefficient (Wildman–Crippen LogP) is 4.10. The van der Waals surface area contributed by atoms with Crippen molar-refractivity contribution in [1.29, 1.82) is 0 Å². The number of ether oxygens (including phenoxy) is 1. The fraction of sp³-hybridized carbons (Fsp3) is 0.273. The molecule has 0 aliphatic heterocycles. The maximum absolute atomic E-state index is 5.68. The third kappa shape index (κ3) is 3.08. The van der Waals surface area contributed by atoms with E-state index < -0.39 is 0 Å². The Kier molecular flexibility index (Phi) is 4.35. The van der Waals surface area contributed by atoms with E-state index in [0.717, 1.165) is 30.0 Å². The summed E-state index contributed by atoms with van der Waals surface area (Å²) in [5.41, 5.74) is 4.40. The molecule has 1 aliphatic rings. The first-order chi connectivity index (χ1) is 14.2. The maximum Gasteiger partial charge on any atom is 0.249 e. The summed E-state index contributed by atoms with van der Waals surface area (Å²) in [6.45, 7) is 2.01. The lowest BCUT2D eigenvalue weighted by Gasteiger charge is -2.16. The Hall–Kier alpha value is -3.48. The molecular weight excluding hydrogens is 366 g/mol. The van der Waals surface area contributed by atoms with E-state index in [-0.39, 0.29) is 6.04 Å². The van der Waals surface area contributed by atoms with Crippen molar-refractivity contribution in [3.8, 4) is 28.7 Å². The summed E-state index contributed by atoms with van der Waals surface area (Å²) in [4.78, 5) is 13.4. The van der Waals surface area contributed by atoms with Gasteiger partial charge in [0.2, 0.25) is 11.7 Å². The van der Waals surface area contributed by atoms with Gasteiger partial charge in [-0.25, -0.2) is 4.98 Å². The Morgan fingerprint density at radius 3 is 2.76 bits per heavy atom. The number of aryl methyl sites for hydroxylation is 2. The minimum absolute atomic E-state index is 0.185. The average Bonchev–Trinajstić information content (AvgIpc) is 3.53.